The van der Waals surface area contributed by atoms with Crippen LogP contribution in [0.25, 0.3) is 55.3 Å². The lowest BCUT2D eigenvalue weighted by atomic mass is 9.81. The molecule has 308 valence electrons. The van der Waals surface area contributed by atoms with Crippen molar-refractivity contribution in [3.63, 3.8) is 0 Å². The summed E-state index contributed by atoms with van der Waals surface area (Å²) in [6.45, 7) is 12.3. The number of benzene rings is 7. The molecule has 0 spiro atoms. The topological polar surface area (TPSA) is 19.6 Å². The van der Waals surface area contributed by atoms with E-state index >= 15 is 0 Å². The Hall–Kier alpha value is -7.10. The second-order valence-electron chi connectivity index (χ2n) is 18.0. The number of fused-ring (bicyclic) bond motifs is 8. The second kappa shape index (κ2) is 15.4. The van der Waals surface area contributed by atoms with Crippen molar-refractivity contribution >= 4 is 55.8 Å². The second-order valence-corrected chi connectivity index (χ2v) is 18.0. The van der Waals surface area contributed by atoms with Crippen LogP contribution in [-0.4, -0.2) is 6.54 Å². The molecule has 3 aliphatic rings. The lowest BCUT2D eigenvalue weighted by Gasteiger charge is -2.29. The molecule has 1 aliphatic heterocycles. The molecule has 0 radical (unpaired) electrons. The highest BCUT2D eigenvalue weighted by Crippen LogP contribution is 2.53. The van der Waals surface area contributed by atoms with Crippen molar-refractivity contribution in [1.29, 1.82) is 0 Å². The number of hydrogen-bond acceptors (Lipinski definition) is 3. The third-order valence-corrected chi connectivity index (χ3v) is 13.7. The molecule has 2 heterocycles. The average Bonchev–Trinajstić information content (AvgIpc) is 3.95. The molecule has 1 aromatic heterocycles. The molecule has 0 saturated heterocycles. The van der Waals surface area contributed by atoms with Crippen LogP contribution < -0.4 is 9.80 Å². The van der Waals surface area contributed by atoms with Crippen molar-refractivity contribution in [1.82, 2.24) is 0 Å². The Morgan fingerprint density at radius 3 is 2.25 bits per heavy atom. The summed E-state index contributed by atoms with van der Waals surface area (Å²) in [7, 11) is 0. The minimum absolute atomic E-state index is 0.161. The van der Waals surface area contributed by atoms with E-state index in [-0.39, 0.29) is 5.41 Å². The van der Waals surface area contributed by atoms with Gasteiger partial charge in [0.05, 0.1) is 0 Å². The molecule has 0 fully saturated rings. The summed E-state index contributed by atoms with van der Waals surface area (Å²) in [6.07, 6.45) is 14.7. The molecular formula is C60H52N2O. The van der Waals surface area contributed by atoms with Crippen LogP contribution in [0, 0.1) is 13.8 Å². The Morgan fingerprint density at radius 1 is 0.714 bits per heavy atom. The van der Waals surface area contributed by atoms with Crippen LogP contribution in [0.3, 0.4) is 0 Å². The molecule has 2 aliphatic carbocycles. The molecule has 0 N–H and O–H groups in total. The summed E-state index contributed by atoms with van der Waals surface area (Å²) < 4.78 is 6.57. The molecular weight excluding hydrogens is 765 g/mol. The van der Waals surface area contributed by atoms with Gasteiger partial charge in [0.1, 0.15) is 11.2 Å². The predicted molar refractivity (Wildman–Crippen MR) is 267 cm³/mol. The van der Waals surface area contributed by atoms with Gasteiger partial charge in [-0.25, -0.2) is 0 Å². The normalized spacial score (nSPS) is 15.8. The van der Waals surface area contributed by atoms with Crippen molar-refractivity contribution in [3.05, 3.63) is 215 Å². The summed E-state index contributed by atoms with van der Waals surface area (Å²) >= 11 is 0. The van der Waals surface area contributed by atoms with Crippen molar-refractivity contribution in [2.45, 2.75) is 59.3 Å². The fourth-order valence-electron chi connectivity index (χ4n) is 10.5. The Kier molecular flexibility index (Phi) is 9.46. The number of nitrogens with zero attached hydrogens (tertiary/aromatic N) is 2. The number of rotatable bonds is 8. The molecule has 63 heavy (non-hydrogen) atoms. The summed E-state index contributed by atoms with van der Waals surface area (Å²) in [5.41, 5.74) is 23.2. The quantitative estimate of drug-likeness (QED) is 0.152. The fraction of sp³-hybridized carbons (Fsp3) is 0.167. The lowest BCUT2D eigenvalue weighted by molar-refractivity contribution is 0.653. The van der Waals surface area contributed by atoms with Crippen molar-refractivity contribution < 1.29 is 4.42 Å². The van der Waals surface area contributed by atoms with E-state index in [1.165, 1.54) is 100 Å². The average molecular weight is 817 g/mol. The van der Waals surface area contributed by atoms with Gasteiger partial charge in [0.25, 0.3) is 0 Å². The van der Waals surface area contributed by atoms with Gasteiger partial charge in [-0.3, -0.25) is 0 Å². The van der Waals surface area contributed by atoms with E-state index in [1.807, 2.05) is 0 Å². The largest absolute Gasteiger partial charge is 0.455 e. The fourth-order valence-corrected chi connectivity index (χ4v) is 10.5. The zero-order valence-electron chi connectivity index (χ0n) is 36.9. The number of aryl methyl sites for hydroxylation is 2. The van der Waals surface area contributed by atoms with Gasteiger partial charge in [-0.15, -0.1) is 0 Å². The maximum absolute atomic E-state index is 6.57. The molecule has 0 saturated carbocycles. The van der Waals surface area contributed by atoms with E-state index < -0.39 is 0 Å². The summed E-state index contributed by atoms with van der Waals surface area (Å²) in [5.74, 6) is 0. The molecule has 3 heteroatoms. The van der Waals surface area contributed by atoms with Crippen LogP contribution in [0.4, 0.5) is 22.7 Å². The third kappa shape index (κ3) is 6.49. The highest BCUT2D eigenvalue weighted by Gasteiger charge is 2.38. The van der Waals surface area contributed by atoms with Gasteiger partial charge in [-0.1, -0.05) is 130 Å². The molecule has 0 amide bonds. The molecule has 7 aromatic carbocycles. The van der Waals surface area contributed by atoms with Crippen LogP contribution in [0.2, 0.25) is 0 Å². The standard InChI is InChI=1S/C60H52N2O/c1-6-17-41(36-45-38-61(46-18-9-7-10-19-46)56-24-15-13-22-48(45)56)42-27-32-54(39(2)34-42)62(47-20-11-8-12-21-47)55-33-28-43(35-40(55)3)44-26-29-51-53(37-44)60(4,5)52-31-30-50-49-23-14-16-25-57(49)63-59(50)58(51)52/h7-9,11-18,20-37H,6,10,19,38H2,1-5H3/b41-17+,45-36+. The predicted octanol–water partition coefficient (Wildman–Crippen LogP) is 16.6. The number of para-hydroxylation sites is 3. The van der Waals surface area contributed by atoms with Crippen LogP contribution in [0.5, 0.6) is 0 Å². The minimum atomic E-state index is -0.161. The van der Waals surface area contributed by atoms with Gasteiger partial charge in [0.15, 0.2) is 0 Å². The SMILES string of the molecule is CC/C=C(\C=C1/CN(C2=CC=CCC2)c2ccccc21)c1ccc(N(c2ccccc2)c2ccc(-c3ccc4c(c3)C(C)(C)c3ccc5c(oc6ccccc65)c3-4)cc2C)c(C)c1. The molecule has 3 nitrogen and oxygen atoms in total. The van der Waals surface area contributed by atoms with E-state index in [1.54, 1.807) is 0 Å². The van der Waals surface area contributed by atoms with Gasteiger partial charge in [-0.05, 0) is 156 Å². The highest BCUT2D eigenvalue weighted by atomic mass is 16.3. The smallest absolute Gasteiger partial charge is 0.143 e. The van der Waals surface area contributed by atoms with Crippen molar-refractivity contribution in [3.8, 4) is 22.3 Å². The van der Waals surface area contributed by atoms with Crippen molar-refractivity contribution in [2.75, 3.05) is 16.3 Å². The molecule has 0 atom stereocenters. The van der Waals surface area contributed by atoms with Gasteiger partial charge >= 0.3 is 0 Å². The van der Waals surface area contributed by atoms with E-state index in [0.717, 1.165) is 42.7 Å². The Balaban J connectivity index is 0.937. The van der Waals surface area contributed by atoms with E-state index in [2.05, 4.69) is 220 Å². The summed E-state index contributed by atoms with van der Waals surface area (Å²) in [5, 5.41) is 2.35. The molecule has 8 aromatic rings. The Bertz CT molecular complexity index is 3240. The van der Waals surface area contributed by atoms with Crippen LogP contribution in [0.1, 0.15) is 73.4 Å². The van der Waals surface area contributed by atoms with Gasteiger partial charge in [0, 0.05) is 62.3 Å². The lowest BCUT2D eigenvalue weighted by Crippen LogP contribution is -2.20. The zero-order chi connectivity index (χ0) is 42.8. The Labute approximate surface area is 371 Å². The van der Waals surface area contributed by atoms with Crippen LogP contribution >= 0.6 is 0 Å². The minimum Gasteiger partial charge on any atom is -0.455 e. The number of allylic oxidation sites excluding steroid dienone is 7. The summed E-state index contributed by atoms with van der Waals surface area (Å²) in [4.78, 5) is 4.94. The third-order valence-electron chi connectivity index (χ3n) is 13.7. The highest BCUT2D eigenvalue weighted by molar-refractivity contribution is 6.12. The van der Waals surface area contributed by atoms with Crippen molar-refractivity contribution in [2.24, 2.45) is 0 Å². The maximum Gasteiger partial charge on any atom is 0.143 e. The number of furan rings is 1. The monoisotopic (exact) mass is 816 g/mol. The van der Waals surface area contributed by atoms with Gasteiger partial charge in [0.2, 0.25) is 0 Å². The molecule has 0 unspecified atom stereocenters. The van der Waals surface area contributed by atoms with E-state index in [4.69, 9.17) is 4.42 Å². The van der Waals surface area contributed by atoms with E-state index in [9.17, 15) is 0 Å². The van der Waals surface area contributed by atoms with E-state index in [0.29, 0.717) is 0 Å². The maximum atomic E-state index is 6.57. The van der Waals surface area contributed by atoms with Crippen LogP contribution in [-0.2, 0) is 5.41 Å². The first-order valence-corrected chi connectivity index (χ1v) is 22.6. The Morgan fingerprint density at radius 2 is 1.46 bits per heavy atom. The zero-order valence-corrected chi connectivity index (χ0v) is 36.9. The number of hydrogen-bond donors (Lipinski definition) is 0. The first kappa shape index (κ1) is 38.8. The molecule has 0 bridgehead atoms. The number of anilines is 4. The van der Waals surface area contributed by atoms with Gasteiger partial charge in [-0.2, -0.15) is 0 Å². The molecule has 11 rings (SSSR count). The van der Waals surface area contributed by atoms with Crippen LogP contribution in [0.15, 0.2) is 186 Å². The summed E-state index contributed by atoms with van der Waals surface area (Å²) in [6, 6.07) is 53.7. The van der Waals surface area contributed by atoms with Gasteiger partial charge < -0.3 is 14.2 Å². The first-order valence-electron chi connectivity index (χ1n) is 22.6. The first-order chi connectivity index (χ1) is 30.8.